The summed E-state index contributed by atoms with van der Waals surface area (Å²) in [5, 5.41) is 0. The molecule has 64 valence electrons. The topological polar surface area (TPSA) is 25.8 Å². The van der Waals surface area contributed by atoms with Crippen LogP contribution in [0.1, 0.15) is 6.85 Å². The van der Waals surface area contributed by atoms with E-state index in [0.717, 1.165) is 0 Å². The van der Waals surface area contributed by atoms with E-state index in [-0.39, 0.29) is 23.5 Å². The average molecular weight is 240 g/mol. The molecule has 0 aliphatic heterocycles. The van der Waals surface area contributed by atoms with Crippen LogP contribution in [0.25, 0.3) is 11.4 Å². The molecular weight excluding hydrogens is 228 g/mol. The average Bonchev–Trinajstić information content (AvgIpc) is 2.34. The van der Waals surface area contributed by atoms with Gasteiger partial charge in [0.2, 0.25) is 0 Å². The summed E-state index contributed by atoms with van der Waals surface area (Å²) in [4.78, 5) is 7.95. The minimum atomic E-state index is -0.427. The largest absolute Gasteiger partial charge is 0.237 e. The van der Waals surface area contributed by atoms with Crippen molar-refractivity contribution < 1.29 is 6.85 Å². The maximum Gasteiger partial charge on any atom is 0.160 e. The highest BCUT2D eigenvalue weighted by Crippen LogP contribution is 2.15. The lowest BCUT2D eigenvalue weighted by Gasteiger charge is -1.98. The molecule has 0 atom stereocenters. The molecule has 2 nitrogen and oxygen atoms in total. The molecule has 2 aromatic rings. The minimum absolute atomic E-state index is 0.00213. The summed E-state index contributed by atoms with van der Waals surface area (Å²) < 4.78 is 38.7. The van der Waals surface area contributed by atoms with Crippen molar-refractivity contribution in [2.75, 3.05) is 0 Å². The molecule has 0 fully saturated rings. The fraction of sp³-hybridized carbons (Fsp3) is 0. The summed E-state index contributed by atoms with van der Waals surface area (Å²) in [5.41, 5.74) is 0.00213. The van der Waals surface area contributed by atoms with Crippen molar-refractivity contribution in [3.63, 3.8) is 0 Å². The first-order chi connectivity index (χ1) is 8.43. The van der Waals surface area contributed by atoms with E-state index in [4.69, 9.17) is 6.85 Å². The maximum absolute atomic E-state index is 7.78. The third kappa shape index (κ3) is 1.92. The highest BCUT2D eigenvalue weighted by molar-refractivity contribution is 9.10. The van der Waals surface area contributed by atoms with Gasteiger partial charge in [-0.1, -0.05) is 30.2 Å². The molecule has 13 heavy (non-hydrogen) atoms. The second kappa shape index (κ2) is 3.66. The van der Waals surface area contributed by atoms with Crippen molar-refractivity contribution in [2.45, 2.75) is 0 Å². The van der Waals surface area contributed by atoms with Crippen LogP contribution >= 0.6 is 15.9 Å². The lowest BCUT2D eigenvalue weighted by Crippen LogP contribution is -1.87. The van der Waals surface area contributed by atoms with Crippen molar-refractivity contribution in [2.24, 2.45) is 0 Å². The Balaban J connectivity index is 2.80. The number of hydrogen-bond donors (Lipinski definition) is 0. The lowest BCUT2D eigenvalue weighted by atomic mass is 10.2. The number of benzene rings is 1. The molecule has 0 aliphatic rings. The zero-order chi connectivity index (χ0) is 13.4. The highest BCUT2D eigenvalue weighted by atomic mass is 79.9. The zero-order valence-corrected chi connectivity index (χ0v) is 8.01. The van der Waals surface area contributed by atoms with Crippen LogP contribution < -0.4 is 0 Å². The Kier molecular flexibility index (Phi) is 1.22. The van der Waals surface area contributed by atoms with Crippen LogP contribution in [0.2, 0.25) is 0 Å². The van der Waals surface area contributed by atoms with Crippen molar-refractivity contribution >= 4 is 15.9 Å². The summed E-state index contributed by atoms with van der Waals surface area (Å²) in [6.45, 7) is 0. The van der Waals surface area contributed by atoms with Crippen molar-refractivity contribution in [1.29, 1.82) is 0 Å². The Bertz CT molecular complexity index is 603. The minimum Gasteiger partial charge on any atom is -0.237 e. The van der Waals surface area contributed by atoms with Crippen LogP contribution in [0, 0.1) is 0 Å². The second-order valence-corrected chi connectivity index (χ2v) is 3.02. The fourth-order valence-corrected chi connectivity index (χ4v) is 1.11. The molecular formula is C10H7BrN2. The normalized spacial score (nSPS) is 15.3. The third-order valence-corrected chi connectivity index (χ3v) is 1.79. The first kappa shape index (κ1) is 4.33. The van der Waals surface area contributed by atoms with Gasteiger partial charge in [0.1, 0.15) is 4.60 Å². The van der Waals surface area contributed by atoms with Gasteiger partial charge in [-0.05, 0) is 22.0 Å². The monoisotopic (exact) mass is 239 g/mol. The maximum atomic E-state index is 7.78. The number of hydrogen-bond acceptors (Lipinski definition) is 2. The molecule has 0 spiro atoms. The predicted octanol–water partition coefficient (Wildman–Crippen LogP) is 2.91. The molecule has 0 N–H and O–H groups in total. The number of nitrogens with zero attached hydrogens (tertiary/aromatic N) is 2. The van der Waals surface area contributed by atoms with E-state index in [2.05, 4.69) is 25.9 Å². The predicted molar refractivity (Wildman–Crippen MR) is 55.2 cm³/mol. The van der Waals surface area contributed by atoms with Gasteiger partial charge >= 0.3 is 0 Å². The summed E-state index contributed by atoms with van der Waals surface area (Å²) >= 11 is 3.16. The summed E-state index contributed by atoms with van der Waals surface area (Å²) in [7, 11) is 0. The standard InChI is InChI=1S/C10H7BrN2/c11-9-6-7-12-10(13-9)8-4-2-1-3-5-8/h1-7H/i1D,2D,3D,4D,5D. The molecule has 0 saturated heterocycles. The van der Waals surface area contributed by atoms with Crippen LogP contribution in [-0.2, 0) is 0 Å². The summed E-state index contributed by atoms with van der Waals surface area (Å²) in [6.07, 6.45) is 1.45. The van der Waals surface area contributed by atoms with Gasteiger partial charge in [-0.25, -0.2) is 9.97 Å². The highest BCUT2D eigenvalue weighted by Gasteiger charge is 1.98. The third-order valence-electron chi connectivity index (χ3n) is 1.35. The molecule has 0 radical (unpaired) electrons. The van der Waals surface area contributed by atoms with Crippen LogP contribution in [-0.4, -0.2) is 9.97 Å². The molecule has 2 rings (SSSR count). The Hall–Kier alpha value is -1.22. The van der Waals surface area contributed by atoms with E-state index in [1.165, 1.54) is 6.20 Å². The summed E-state index contributed by atoms with van der Waals surface area (Å²) in [6, 6.07) is -0.232. The molecule has 0 amide bonds. The molecule has 1 aromatic carbocycles. The quantitative estimate of drug-likeness (QED) is 0.716. The molecule has 0 bridgehead atoms. The van der Waals surface area contributed by atoms with Crippen LogP contribution in [0.15, 0.2) is 47.1 Å². The van der Waals surface area contributed by atoms with E-state index in [9.17, 15) is 0 Å². The fourth-order valence-electron chi connectivity index (χ4n) is 0.819. The first-order valence-corrected chi connectivity index (χ1v) is 4.28. The molecule has 1 heterocycles. The SMILES string of the molecule is [2H]c1c([2H])c([2H])c(-c2nccc(Br)n2)c([2H])c1[2H]. The Morgan fingerprint density at radius 1 is 1.23 bits per heavy atom. The van der Waals surface area contributed by atoms with Gasteiger partial charge in [-0.2, -0.15) is 0 Å². The molecule has 3 heteroatoms. The molecule has 0 saturated carbocycles. The van der Waals surface area contributed by atoms with Gasteiger partial charge in [-0.15, -0.1) is 0 Å². The van der Waals surface area contributed by atoms with Crippen molar-refractivity contribution in [1.82, 2.24) is 9.97 Å². The van der Waals surface area contributed by atoms with Gasteiger partial charge in [0, 0.05) is 11.8 Å². The van der Waals surface area contributed by atoms with Gasteiger partial charge in [0.25, 0.3) is 0 Å². The van der Waals surface area contributed by atoms with E-state index < -0.39 is 18.1 Å². The van der Waals surface area contributed by atoms with Gasteiger partial charge in [0.15, 0.2) is 5.82 Å². The number of rotatable bonds is 1. The van der Waals surface area contributed by atoms with Crippen LogP contribution in [0.5, 0.6) is 0 Å². The molecule has 1 aromatic heterocycles. The van der Waals surface area contributed by atoms with Gasteiger partial charge in [-0.3, -0.25) is 0 Å². The van der Waals surface area contributed by atoms with E-state index in [0.29, 0.717) is 4.60 Å². The van der Waals surface area contributed by atoms with Crippen LogP contribution in [0.4, 0.5) is 0 Å². The van der Waals surface area contributed by atoms with E-state index in [1.54, 1.807) is 6.07 Å². The Labute approximate surface area is 91.8 Å². The number of halogens is 1. The van der Waals surface area contributed by atoms with Gasteiger partial charge in [0.05, 0.1) is 6.85 Å². The van der Waals surface area contributed by atoms with E-state index >= 15 is 0 Å². The van der Waals surface area contributed by atoms with Crippen molar-refractivity contribution in [3.05, 3.63) is 47.1 Å². The Morgan fingerprint density at radius 3 is 2.69 bits per heavy atom. The molecule has 0 unspecified atom stereocenters. The lowest BCUT2D eigenvalue weighted by molar-refractivity contribution is 1.15. The smallest absolute Gasteiger partial charge is 0.160 e. The van der Waals surface area contributed by atoms with Crippen LogP contribution in [0.3, 0.4) is 0 Å². The summed E-state index contributed by atoms with van der Waals surface area (Å²) in [5.74, 6) is 0.0985. The van der Waals surface area contributed by atoms with Crippen molar-refractivity contribution in [3.8, 4) is 11.4 Å². The molecule has 0 aliphatic carbocycles. The zero-order valence-electron chi connectivity index (χ0n) is 11.4. The van der Waals surface area contributed by atoms with E-state index in [1.807, 2.05) is 0 Å². The van der Waals surface area contributed by atoms with Gasteiger partial charge < -0.3 is 0 Å². The first-order valence-electron chi connectivity index (χ1n) is 5.99. The number of aromatic nitrogens is 2. The second-order valence-electron chi connectivity index (χ2n) is 2.20. The Morgan fingerprint density at radius 2 is 2.00 bits per heavy atom.